The lowest BCUT2D eigenvalue weighted by molar-refractivity contribution is -0.118. The van der Waals surface area contributed by atoms with Crippen molar-refractivity contribution in [1.29, 1.82) is 0 Å². The highest BCUT2D eigenvalue weighted by Crippen LogP contribution is 2.00. The molecule has 16 heavy (non-hydrogen) atoms. The third-order valence-corrected chi connectivity index (χ3v) is 2.19. The quantitative estimate of drug-likeness (QED) is 0.679. The first-order valence-corrected chi connectivity index (χ1v) is 5.93. The van der Waals surface area contributed by atoms with Gasteiger partial charge in [0.05, 0.1) is 0 Å². The van der Waals surface area contributed by atoms with E-state index in [1.165, 1.54) is 25.0 Å². The highest BCUT2D eigenvalue weighted by molar-refractivity contribution is 5.77. The Labute approximate surface area is 97.7 Å². The van der Waals surface area contributed by atoms with Crippen molar-refractivity contribution in [1.82, 2.24) is 0 Å². The molecule has 2 heteroatoms. The average Bonchev–Trinajstić information content (AvgIpc) is 2.31. The zero-order valence-corrected chi connectivity index (χ0v) is 10.2. The smallest absolute Gasteiger partial charge is 0.132 e. The molecule has 0 atom stereocenters. The van der Waals surface area contributed by atoms with E-state index < -0.39 is 0 Å². The first kappa shape index (κ1) is 14.8. The van der Waals surface area contributed by atoms with Crippen molar-refractivity contribution in [3.05, 3.63) is 36.1 Å². The van der Waals surface area contributed by atoms with E-state index in [2.05, 4.69) is 6.92 Å². The zero-order valence-electron chi connectivity index (χ0n) is 10.2. The first-order valence-electron chi connectivity index (χ1n) is 5.93. The van der Waals surface area contributed by atoms with Gasteiger partial charge in [-0.2, -0.15) is 0 Å². The molecule has 1 aromatic carbocycles. The van der Waals surface area contributed by atoms with Gasteiger partial charge in [0.1, 0.15) is 11.6 Å². The molecule has 1 aromatic rings. The number of rotatable bonds is 5. The van der Waals surface area contributed by atoms with Crippen molar-refractivity contribution in [2.75, 3.05) is 0 Å². The summed E-state index contributed by atoms with van der Waals surface area (Å²) < 4.78 is 11.9. The van der Waals surface area contributed by atoms with Crippen molar-refractivity contribution in [3.8, 4) is 0 Å². The van der Waals surface area contributed by atoms with Crippen molar-refractivity contribution in [3.63, 3.8) is 0 Å². The summed E-state index contributed by atoms with van der Waals surface area (Å²) in [5, 5.41) is 0. The Balaban J connectivity index is 0.000000288. The second kappa shape index (κ2) is 10.3. The molecule has 0 N–H and O–H groups in total. The van der Waals surface area contributed by atoms with Crippen LogP contribution in [0.25, 0.3) is 0 Å². The molecule has 0 saturated carbocycles. The molecule has 0 bridgehead atoms. The molecule has 0 spiro atoms. The van der Waals surface area contributed by atoms with E-state index in [0.29, 0.717) is 12.2 Å². The first-order chi connectivity index (χ1) is 7.70. The molecular formula is C14H21FO. The van der Waals surface area contributed by atoms with Crippen LogP contribution < -0.4 is 0 Å². The van der Waals surface area contributed by atoms with Crippen LogP contribution in [0.1, 0.15) is 46.0 Å². The van der Waals surface area contributed by atoms with E-state index in [0.717, 1.165) is 12.8 Å². The second-order valence-corrected chi connectivity index (χ2v) is 3.64. The maximum Gasteiger partial charge on any atom is 0.132 e. The SMILES string of the molecule is CCCCCC(=O)CC.Fc1ccccc1. The molecular weight excluding hydrogens is 203 g/mol. The van der Waals surface area contributed by atoms with Gasteiger partial charge < -0.3 is 0 Å². The third kappa shape index (κ3) is 9.38. The zero-order chi connectivity index (χ0) is 12.2. The number of carbonyl (C=O) groups is 1. The molecule has 90 valence electrons. The second-order valence-electron chi connectivity index (χ2n) is 3.64. The third-order valence-electron chi connectivity index (χ3n) is 2.19. The van der Waals surface area contributed by atoms with Crippen molar-refractivity contribution >= 4 is 5.78 Å². The van der Waals surface area contributed by atoms with Gasteiger partial charge in [-0.1, -0.05) is 44.9 Å². The van der Waals surface area contributed by atoms with Crippen LogP contribution in [0, 0.1) is 5.82 Å². The van der Waals surface area contributed by atoms with Crippen LogP contribution in [-0.2, 0) is 4.79 Å². The van der Waals surface area contributed by atoms with Gasteiger partial charge in [0, 0.05) is 12.8 Å². The van der Waals surface area contributed by atoms with Crippen LogP contribution >= 0.6 is 0 Å². The summed E-state index contributed by atoms with van der Waals surface area (Å²) in [6.45, 7) is 4.07. The van der Waals surface area contributed by atoms with E-state index in [1.54, 1.807) is 18.2 Å². The molecule has 0 heterocycles. The Morgan fingerprint density at radius 3 is 2.12 bits per heavy atom. The lowest BCUT2D eigenvalue weighted by atomic mass is 10.1. The van der Waals surface area contributed by atoms with Gasteiger partial charge in [-0.05, 0) is 18.6 Å². The van der Waals surface area contributed by atoms with Gasteiger partial charge >= 0.3 is 0 Å². The summed E-state index contributed by atoms with van der Waals surface area (Å²) >= 11 is 0. The van der Waals surface area contributed by atoms with Crippen LogP contribution in [-0.4, -0.2) is 5.78 Å². The summed E-state index contributed by atoms with van der Waals surface area (Å²) in [6, 6.07) is 7.94. The fraction of sp³-hybridized carbons (Fsp3) is 0.500. The molecule has 0 aliphatic heterocycles. The predicted octanol–water partition coefficient (Wildman–Crippen LogP) is 4.37. The van der Waals surface area contributed by atoms with E-state index >= 15 is 0 Å². The van der Waals surface area contributed by atoms with E-state index in [4.69, 9.17) is 0 Å². The summed E-state index contributed by atoms with van der Waals surface area (Å²) in [5.74, 6) is 0.228. The molecule has 0 fully saturated rings. The normalized spacial score (nSPS) is 9.19. The summed E-state index contributed by atoms with van der Waals surface area (Å²) in [7, 11) is 0. The van der Waals surface area contributed by atoms with Gasteiger partial charge in [0.15, 0.2) is 0 Å². The predicted molar refractivity (Wildman–Crippen MR) is 65.8 cm³/mol. The lowest BCUT2D eigenvalue weighted by Gasteiger charge is -1.93. The Morgan fingerprint density at radius 1 is 1.12 bits per heavy atom. The van der Waals surface area contributed by atoms with Gasteiger partial charge in [0.2, 0.25) is 0 Å². The minimum Gasteiger partial charge on any atom is -0.300 e. The monoisotopic (exact) mass is 224 g/mol. The van der Waals surface area contributed by atoms with Crippen molar-refractivity contribution in [2.24, 2.45) is 0 Å². The number of carbonyl (C=O) groups excluding carboxylic acids is 1. The Morgan fingerprint density at radius 2 is 1.75 bits per heavy atom. The average molecular weight is 224 g/mol. The van der Waals surface area contributed by atoms with Crippen molar-refractivity contribution in [2.45, 2.75) is 46.0 Å². The number of unbranched alkanes of at least 4 members (excludes halogenated alkanes) is 2. The number of ketones is 1. The Kier molecular flexibility index (Phi) is 9.58. The van der Waals surface area contributed by atoms with Gasteiger partial charge in [-0.3, -0.25) is 4.79 Å². The van der Waals surface area contributed by atoms with E-state index in [1.807, 2.05) is 6.92 Å². The summed E-state index contributed by atoms with van der Waals surface area (Å²) in [5.41, 5.74) is 0. The van der Waals surface area contributed by atoms with Crippen LogP contribution in [0.3, 0.4) is 0 Å². The topological polar surface area (TPSA) is 17.1 Å². The standard InChI is InChI=1S/C8H16O.C6H5F/c1-3-5-6-7-8(9)4-2;7-6-4-2-1-3-5-6/h3-7H2,1-2H3;1-5H. The molecule has 0 aromatic heterocycles. The molecule has 0 saturated heterocycles. The number of hydrogen-bond donors (Lipinski definition) is 0. The van der Waals surface area contributed by atoms with Gasteiger partial charge in [0.25, 0.3) is 0 Å². The Bertz CT molecular complexity index is 269. The van der Waals surface area contributed by atoms with Gasteiger partial charge in [-0.25, -0.2) is 4.39 Å². The minimum atomic E-state index is -0.178. The summed E-state index contributed by atoms with van der Waals surface area (Å²) in [4.78, 5) is 10.7. The molecule has 0 unspecified atom stereocenters. The van der Waals surface area contributed by atoms with Crippen LogP contribution in [0.2, 0.25) is 0 Å². The number of benzene rings is 1. The maximum atomic E-state index is 11.9. The Hall–Kier alpha value is -1.18. The number of Topliss-reactive ketones (excluding diaryl/α,β-unsaturated/α-hetero) is 1. The molecule has 1 rings (SSSR count). The number of hydrogen-bond acceptors (Lipinski definition) is 1. The minimum absolute atomic E-state index is 0.178. The fourth-order valence-electron chi connectivity index (χ4n) is 1.16. The maximum absolute atomic E-state index is 11.9. The summed E-state index contributed by atoms with van der Waals surface area (Å²) in [6.07, 6.45) is 5.00. The van der Waals surface area contributed by atoms with Gasteiger partial charge in [-0.15, -0.1) is 0 Å². The van der Waals surface area contributed by atoms with E-state index in [-0.39, 0.29) is 5.82 Å². The number of halogens is 1. The molecule has 0 aliphatic carbocycles. The highest BCUT2D eigenvalue weighted by atomic mass is 19.1. The van der Waals surface area contributed by atoms with Crippen molar-refractivity contribution < 1.29 is 9.18 Å². The largest absolute Gasteiger partial charge is 0.300 e. The van der Waals surface area contributed by atoms with Crippen LogP contribution in [0.5, 0.6) is 0 Å². The van der Waals surface area contributed by atoms with Crippen LogP contribution in [0.4, 0.5) is 4.39 Å². The molecule has 0 radical (unpaired) electrons. The molecule has 0 amide bonds. The molecule has 0 aliphatic rings. The highest BCUT2D eigenvalue weighted by Gasteiger charge is 1.95. The fourth-order valence-corrected chi connectivity index (χ4v) is 1.16. The lowest BCUT2D eigenvalue weighted by Crippen LogP contribution is -1.93. The van der Waals surface area contributed by atoms with E-state index in [9.17, 15) is 9.18 Å². The molecule has 1 nitrogen and oxygen atoms in total. The van der Waals surface area contributed by atoms with Crippen LogP contribution in [0.15, 0.2) is 30.3 Å².